The van der Waals surface area contributed by atoms with Crippen molar-refractivity contribution >= 4 is 32.0 Å². The highest BCUT2D eigenvalue weighted by Crippen LogP contribution is 2.25. The lowest BCUT2D eigenvalue weighted by molar-refractivity contribution is 0.126. The van der Waals surface area contributed by atoms with Gasteiger partial charge in [0.1, 0.15) is 17.9 Å². The fraction of sp³-hybridized carbons (Fsp3) is 0.444. The number of benzene rings is 1. The van der Waals surface area contributed by atoms with Crippen LogP contribution in [0, 0.1) is 0 Å². The summed E-state index contributed by atoms with van der Waals surface area (Å²) in [5.74, 6) is 0.968. The van der Waals surface area contributed by atoms with Crippen LogP contribution in [0.3, 0.4) is 0 Å². The minimum atomic E-state index is -3.17. The zero-order valence-electron chi connectivity index (χ0n) is 15.1. The van der Waals surface area contributed by atoms with Gasteiger partial charge in [-0.2, -0.15) is 0 Å². The molecular formula is C18H24N4O3S. The van der Waals surface area contributed by atoms with Crippen molar-refractivity contribution in [2.45, 2.75) is 32.9 Å². The lowest BCUT2D eigenvalue weighted by Crippen LogP contribution is -2.22. The SMILES string of the molecule is CCOCc1nc2cnc3ccccc3c2n1CCCCS(=O)(=O)NC. The van der Waals surface area contributed by atoms with E-state index in [2.05, 4.69) is 19.3 Å². The second-order valence-corrected chi connectivity index (χ2v) is 8.10. The van der Waals surface area contributed by atoms with Gasteiger partial charge in [-0.1, -0.05) is 18.2 Å². The summed E-state index contributed by atoms with van der Waals surface area (Å²) in [5.41, 5.74) is 2.78. The number of ether oxygens (including phenoxy) is 1. The van der Waals surface area contributed by atoms with Gasteiger partial charge in [-0.25, -0.2) is 18.1 Å². The van der Waals surface area contributed by atoms with Crippen molar-refractivity contribution < 1.29 is 13.2 Å². The topological polar surface area (TPSA) is 86.1 Å². The van der Waals surface area contributed by atoms with Gasteiger partial charge in [-0.3, -0.25) is 4.98 Å². The van der Waals surface area contributed by atoms with Crippen LogP contribution in [0.25, 0.3) is 21.9 Å². The summed E-state index contributed by atoms with van der Waals surface area (Å²) in [5, 5.41) is 1.04. The van der Waals surface area contributed by atoms with Crippen molar-refractivity contribution in [3.8, 4) is 0 Å². The number of fused-ring (bicyclic) bond motifs is 3. The number of aryl methyl sites for hydroxylation is 1. The number of rotatable bonds is 9. The third kappa shape index (κ3) is 4.03. The fourth-order valence-corrected chi connectivity index (χ4v) is 3.81. The number of aromatic nitrogens is 3. The highest BCUT2D eigenvalue weighted by molar-refractivity contribution is 7.89. The van der Waals surface area contributed by atoms with Gasteiger partial charge >= 0.3 is 0 Å². The van der Waals surface area contributed by atoms with Crippen LogP contribution in [0.15, 0.2) is 30.5 Å². The summed E-state index contributed by atoms with van der Waals surface area (Å²) in [6, 6.07) is 7.97. The van der Waals surface area contributed by atoms with Crippen LogP contribution in [0.4, 0.5) is 0 Å². The maximum Gasteiger partial charge on any atom is 0.211 e. The van der Waals surface area contributed by atoms with Crippen molar-refractivity contribution in [1.29, 1.82) is 0 Å². The number of hydrogen-bond donors (Lipinski definition) is 1. The lowest BCUT2D eigenvalue weighted by Gasteiger charge is -2.10. The third-order valence-corrected chi connectivity index (χ3v) is 5.80. The number of para-hydroxylation sites is 1. The van der Waals surface area contributed by atoms with E-state index in [9.17, 15) is 8.42 Å². The molecule has 0 amide bonds. The number of unbranched alkanes of at least 4 members (excludes halogenated alkanes) is 1. The number of sulfonamides is 1. The molecule has 0 saturated carbocycles. The third-order valence-electron chi connectivity index (χ3n) is 4.35. The van der Waals surface area contributed by atoms with Gasteiger partial charge in [-0.05, 0) is 32.9 Å². The Bertz CT molecular complexity index is 998. The quantitative estimate of drug-likeness (QED) is 0.580. The Morgan fingerprint density at radius 3 is 2.77 bits per heavy atom. The van der Waals surface area contributed by atoms with Crippen LogP contribution in [0.2, 0.25) is 0 Å². The van der Waals surface area contributed by atoms with Crippen LogP contribution >= 0.6 is 0 Å². The summed E-state index contributed by atoms with van der Waals surface area (Å²) in [4.78, 5) is 9.17. The van der Waals surface area contributed by atoms with E-state index >= 15 is 0 Å². The fourth-order valence-electron chi connectivity index (χ4n) is 3.02. The Labute approximate surface area is 153 Å². The molecule has 0 radical (unpaired) electrons. The first kappa shape index (κ1) is 18.8. The molecular weight excluding hydrogens is 352 g/mol. The van der Waals surface area contributed by atoms with Crippen LogP contribution in [-0.4, -0.2) is 42.4 Å². The van der Waals surface area contributed by atoms with Crippen molar-refractivity contribution in [1.82, 2.24) is 19.3 Å². The molecule has 26 heavy (non-hydrogen) atoms. The van der Waals surface area contributed by atoms with Crippen molar-refractivity contribution in [3.05, 3.63) is 36.3 Å². The molecule has 0 bridgehead atoms. The predicted octanol–water partition coefficient (Wildman–Crippen LogP) is 2.45. The second kappa shape index (κ2) is 8.11. The van der Waals surface area contributed by atoms with E-state index < -0.39 is 10.0 Å². The number of hydrogen-bond acceptors (Lipinski definition) is 5. The Morgan fingerprint density at radius 2 is 2.00 bits per heavy atom. The highest BCUT2D eigenvalue weighted by atomic mass is 32.2. The van der Waals surface area contributed by atoms with Gasteiger partial charge in [0, 0.05) is 18.5 Å². The molecule has 7 nitrogen and oxygen atoms in total. The van der Waals surface area contributed by atoms with Crippen molar-refractivity contribution in [2.24, 2.45) is 0 Å². The van der Waals surface area contributed by atoms with E-state index in [4.69, 9.17) is 4.74 Å². The zero-order valence-corrected chi connectivity index (χ0v) is 15.9. The normalized spacial score (nSPS) is 12.2. The smallest absolute Gasteiger partial charge is 0.211 e. The van der Waals surface area contributed by atoms with Crippen LogP contribution in [0.5, 0.6) is 0 Å². The van der Waals surface area contributed by atoms with Gasteiger partial charge in [0.15, 0.2) is 0 Å². The Hall–Kier alpha value is -2.03. The molecule has 3 rings (SSSR count). The first-order valence-electron chi connectivity index (χ1n) is 8.77. The molecule has 0 unspecified atom stereocenters. The molecule has 0 fully saturated rings. The number of nitrogens with one attached hydrogen (secondary N) is 1. The largest absolute Gasteiger partial charge is 0.374 e. The summed E-state index contributed by atoms with van der Waals surface area (Å²) in [7, 11) is -1.73. The van der Waals surface area contributed by atoms with Gasteiger partial charge in [0.05, 0.1) is 23.0 Å². The van der Waals surface area contributed by atoms with E-state index in [-0.39, 0.29) is 5.75 Å². The van der Waals surface area contributed by atoms with Gasteiger partial charge in [-0.15, -0.1) is 0 Å². The average molecular weight is 376 g/mol. The predicted molar refractivity (Wildman–Crippen MR) is 102 cm³/mol. The summed E-state index contributed by atoms with van der Waals surface area (Å²) in [6.45, 7) is 3.68. The molecule has 8 heteroatoms. The first-order chi connectivity index (χ1) is 12.6. The van der Waals surface area contributed by atoms with Crippen LogP contribution < -0.4 is 4.72 Å². The monoisotopic (exact) mass is 376 g/mol. The molecule has 0 aliphatic carbocycles. The minimum Gasteiger partial charge on any atom is -0.374 e. The molecule has 1 N–H and O–H groups in total. The zero-order chi connectivity index (χ0) is 18.6. The van der Waals surface area contributed by atoms with E-state index in [0.717, 1.165) is 34.2 Å². The molecule has 0 atom stereocenters. The van der Waals surface area contributed by atoms with Crippen LogP contribution in [0.1, 0.15) is 25.6 Å². The van der Waals surface area contributed by atoms with Gasteiger partial charge in [0.25, 0.3) is 0 Å². The first-order valence-corrected chi connectivity index (χ1v) is 10.4. The molecule has 3 aromatic rings. The Balaban J connectivity index is 1.93. The molecule has 1 aromatic carbocycles. The molecule has 2 aromatic heterocycles. The Kier molecular flexibility index (Phi) is 5.85. The van der Waals surface area contributed by atoms with E-state index in [1.165, 1.54) is 7.05 Å². The lowest BCUT2D eigenvalue weighted by atomic mass is 10.2. The number of imidazole rings is 1. The van der Waals surface area contributed by atoms with Gasteiger partial charge < -0.3 is 9.30 Å². The summed E-state index contributed by atoms with van der Waals surface area (Å²) < 4.78 is 33.3. The van der Waals surface area contributed by atoms with Crippen LogP contribution in [-0.2, 0) is 27.9 Å². The molecule has 0 aliphatic heterocycles. The maximum absolute atomic E-state index is 11.6. The standard InChI is InChI=1S/C18H24N4O3S/c1-3-25-13-17-21-16-12-20-15-9-5-4-8-14(15)18(16)22(17)10-6-7-11-26(23,24)19-2/h4-5,8-9,12,19H,3,6-7,10-11,13H2,1-2H3. The van der Waals surface area contributed by atoms with Crippen molar-refractivity contribution in [2.75, 3.05) is 19.4 Å². The number of pyridine rings is 1. The second-order valence-electron chi connectivity index (χ2n) is 6.06. The van der Waals surface area contributed by atoms with Crippen molar-refractivity contribution in [3.63, 3.8) is 0 Å². The molecule has 2 heterocycles. The molecule has 0 saturated heterocycles. The van der Waals surface area contributed by atoms with E-state index in [1.807, 2.05) is 31.2 Å². The Morgan fingerprint density at radius 1 is 1.19 bits per heavy atom. The highest BCUT2D eigenvalue weighted by Gasteiger charge is 2.15. The summed E-state index contributed by atoms with van der Waals surface area (Å²) in [6.07, 6.45) is 3.11. The minimum absolute atomic E-state index is 0.124. The maximum atomic E-state index is 11.6. The average Bonchev–Trinajstić information content (AvgIpc) is 3.01. The van der Waals surface area contributed by atoms with E-state index in [0.29, 0.717) is 26.2 Å². The van der Waals surface area contributed by atoms with Gasteiger partial charge in [0.2, 0.25) is 10.0 Å². The molecule has 140 valence electrons. The molecule has 0 spiro atoms. The van der Waals surface area contributed by atoms with E-state index in [1.54, 1.807) is 6.20 Å². The number of nitrogens with zero attached hydrogens (tertiary/aromatic N) is 3. The summed E-state index contributed by atoms with van der Waals surface area (Å²) >= 11 is 0. The molecule has 0 aliphatic rings.